The first-order chi connectivity index (χ1) is 10.2. The molecule has 0 aromatic heterocycles. The van der Waals surface area contributed by atoms with Crippen molar-refractivity contribution in [3.05, 3.63) is 40.9 Å². The molecule has 0 spiro atoms. The van der Waals surface area contributed by atoms with Crippen molar-refractivity contribution in [1.29, 1.82) is 0 Å². The minimum Gasteiger partial charge on any atom is -0.484 e. The number of fused-ring (bicyclic) bond motifs is 1. The maximum atomic E-state index is 11.6. The van der Waals surface area contributed by atoms with Crippen molar-refractivity contribution in [2.75, 3.05) is 26.9 Å². The van der Waals surface area contributed by atoms with Crippen LogP contribution in [0.5, 0.6) is 5.75 Å². The zero-order chi connectivity index (χ0) is 15.1. The summed E-state index contributed by atoms with van der Waals surface area (Å²) in [7, 11) is 1.64. The number of carbonyl (C=O) groups excluding carboxylic acids is 1. The summed E-state index contributed by atoms with van der Waals surface area (Å²) in [5.74, 6) is 0.568. The van der Waals surface area contributed by atoms with Crippen LogP contribution in [0.3, 0.4) is 0 Å². The van der Waals surface area contributed by atoms with E-state index in [1.807, 2.05) is 36.4 Å². The maximum absolute atomic E-state index is 11.6. The molecule has 0 radical (unpaired) electrons. The number of carbonyl (C=O) groups is 1. The Morgan fingerprint density at radius 3 is 2.76 bits per heavy atom. The molecule has 0 bridgehead atoms. The van der Waals surface area contributed by atoms with E-state index in [2.05, 4.69) is 21.2 Å². The van der Waals surface area contributed by atoms with E-state index in [0.29, 0.717) is 18.9 Å². The molecular weight excluding hydrogens is 334 g/mol. The quantitative estimate of drug-likeness (QED) is 0.779. The maximum Gasteiger partial charge on any atom is 0.257 e. The van der Waals surface area contributed by atoms with E-state index in [1.54, 1.807) is 7.11 Å². The predicted octanol–water partition coefficient (Wildman–Crippen LogP) is 3.13. The van der Waals surface area contributed by atoms with E-state index in [-0.39, 0.29) is 12.5 Å². The fourth-order valence-corrected chi connectivity index (χ4v) is 2.31. The summed E-state index contributed by atoms with van der Waals surface area (Å²) in [6.45, 7) is 1.26. The summed E-state index contributed by atoms with van der Waals surface area (Å²) in [6, 6.07) is 11.8. The van der Waals surface area contributed by atoms with Crippen molar-refractivity contribution >= 4 is 32.6 Å². The van der Waals surface area contributed by atoms with Gasteiger partial charge in [-0.1, -0.05) is 28.1 Å². The van der Waals surface area contributed by atoms with Gasteiger partial charge in [-0.05, 0) is 41.5 Å². The fraction of sp³-hybridized carbons (Fsp3) is 0.312. The molecule has 4 nitrogen and oxygen atoms in total. The second kappa shape index (κ2) is 8.00. The van der Waals surface area contributed by atoms with Crippen LogP contribution in [0.25, 0.3) is 10.8 Å². The molecule has 2 aromatic carbocycles. The summed E-state index contributed by atoms with van der Waals surface area (Å²) < 4.78 is 11.5. The third kappa shape index (κ3) is 5.02. The highest BCUT2D eigenvalue weighted by molar-refractivity contribution is 9.10. The van der Waals surface area contributed by atoms with Crippen LogP contribution in [0.2, 0.25) is 0 Å². The number of methoxy groups -OCH3 is 1. The van der Waals surface area contributed by atoms with Crippen LogP contribution in [-0.2, 0) is 9.53 Å². The van der Waals surface area contributed by atoms with E-state index < -0.39 is 0 Å². The van der Waals surface area contributed by atoms with Crippen LogP contribution in [0, 0.1) is 0 Å². The van der Waals surface area contributed by atoms with Crippen LogP contribution >= 0.6 is 15.9 Å². The summed E-state index contributed by atoms with van der Waals surface area (Å²) in [5, 5.41) is 4.99. The zero-order valence-corrected chi connectivity index (χ0v) is 13.5. The second-order valence-electron chi connectivity index (χ2n) is 4.64. The molecular formula is C16H18BrNO3. The minimum atomic E-state index is -0.123. The van der Waals surface area contributed by atoms with Gasteiger partial charge in [-0.2, -0.15) is 0 Å². The zero-order valence-electron chi connectivity index (χ0n) is 11.9. The number of nitrogens with one attached hydrogen (secondary N) is 1. The summed E-state index contributed by atoms with van der Waals surface area (Å²) in [5.41, 5.74) is 0. The van der Waals surface area contributed by atoms with Gasteiger partial charge >= 0.3 is 0 Å². The van der Waals surface area contributed by atoms with Gasteiger partial charge in [0.1, 0.15) is 5.75 Å². The van der Waals surface area contributed by atoms with Gasteiger partial charge in [0.2, 0.25) is 0 Å². The standard InChI is InChI=1S/C16H18BrNO3/c1-20-8-2-7-18-16(19)11-21-15-6-4-12-9-14(17)5-3-13(12)10-15/h3-6,9-10H,2,7-8,11H2,1H3,(H,18,19). The Kier molecular flexibility index (Phi) is 6.02. The van der Waals surface area contributed by atoms with Crippen molar-refractivity contribution < 1.29 is 14.3 Å². The first kappa shape index (κ1) is 15.8. The molecule has 2 rings (SSSR count). The molecule has 5 heteroatoms. The number of hydrogen-bond acceptors (Lipinski definition) is 3. The number of halogens is 1. The number of hydrogen-bond donors (Lipinski definition) is 1. The largest absolute Gasteiger partial charge is 0.484 e. The molecule has 0 saturated carbocycles. The van der Waals surface area contributed by atoms with Crippen molar-refractivity contribution in [2.45, 2.75) is 6.42 Å². The van der Waals surface area contributed by atoms with Crippen LogP contribution in [-0.4, -0.2) is 32.8 Å². The monoisotopic (exact) mass is 351 g/mol. The second-order valence-corrected chi connectivity index (χ2v) is 5.55. The molecule has 21 heavy (non-hydrogen) atoms. The van der Waals surface area contributed by atoms with Crippen LogP contribution in [0.4, 0.5) is 0 Å². The Balaban J connectivity index is 1.85. The van der Waals surface area contributed by atoms with Gasteiger partial charge in [-0.25, -0.2) is 0 Å². The van der Waals surface area contributed by atoms with Gasteiger partial charge in [0, 0.05) is 24.7 Å². The molecule has 112 valence electrons. The normalized spacial score (nSPS) is 10.6. The first-order valence-electron chi connectivity index (χ1n) is 6.77. The van der Waals surface area contributed by atoms with Crippen molar-refractivity contribution in [3.8, 4) is 5.75 Å². The van der Waals surface area contributed by atoms with Gasteiger partial charge in [0.05, 0.1) is 0 Å². The SMILES string of the molecule is COCCCNC(=O)COc1ccc2cc(Br)ccc2c1. The van der Waals surface area contributed by atoms with Crippen molar-refractivity contribution in [3.63, 3.8) is 0 Å². The molecule has 0 aliphatic carbocycles. The van der Waals surface area contributed by atoms with Gasteiger partial charge < -0.3 is 14.8 Å². The van der Waals surface area contributed by atoms with Crippen LogP contribution in [0.1, 0.15) is 6.42 Å². The van der Waals surface area contributed by atoms with E-state index in [0.717, 1.165) is 21.7 Å². The Labute approximate surface area is 132 Å². The number of amides is 1. The Morgan fingerprint density at radius 2 is 1.95 bits per heavy atom. The molecule has 0 fully saturated rings. The third-order valence-electron chi connectivity index (χ3n) is 2.99. The van der Waals surface area contributed by atoms with E-state index in [4.69, 9.17) is 9.47 Å². The molecule has 0 aliphatic heterocycles. The van der Waals surface area contributed by atoms with Crippen LogP contribution < -0.4 is 10.1 Å². The molecule has 0 atom stereocenters. The van der Waals surface area contributed by atoms with E-state index in [9.17, 15) is 4.79 Å². The third-order valence-corrected chi connectivity index (χ3v) is 3.48. The Morgan fingerprint density at radius 1 is 1.19 bits per heavy atom. The summed E-state index contributed by atoms with van der Waals surface area (Å²) in [6.07, 6.45) is 0.799. The lowest BCUT2D eigenvalue weighted by molar-refractivity contribution is -0.123. The van der Waals surface area contributed by atoms with Crippen molar-refractivity contribution in [1.82, 2.24) is 5.32 Å². The lowest BCUT2D eigenvalue weighted by atomic mass is 10.1. The molecule has 0 unspecified atom stereocenters. The average molecular weight is 352 g/mol. The average Bonchev–Trinajstić information content (AvgIpc) is 2.49. The number of benzene rings is 2. The van der Waals surface area contributed by atoms with E-state index in [1.165, 1.54) is 0 Å². The van der Waals surface area contributed by atoms with Crippen molar-refractivity contribution in [2.24, 2.45) is 0 Å². The Hall–Kier alpha value is -1.59. The molecule has 0 saturated heterocycles. The first-order valence-corrected chi connectivity index (χ1v) is 7.56. The highest BCUT2D eigenvalue weighted by atomic mass is 79.9. The molecule has 1 amide bonds. The molecule has 0 heterocycles. The molecule has 2 aromatic rings. The summed E-state index contributed by atoms with van der Waals surface area (Å²) in [4.78, 5) is 11.6. The summed E-state index contributed by atoms with van der Waals surface area (Å²) >= 11 is 3.44. The fourth-order valence-electron chi connectivity index (χ4n) is 1.93. The van der Waals surface area contributed by atoms with E-state index >= 15 is 0 Å². The molecule has 1 N–H and O–H groups in total. The van der Waals surface area contributed by atoms with Gasteiger partial charge in [0.15, 0.2) is 6.61 Å². The number of rotatable bonds is 7. The smallest absolute Gasteiger partial charge is 0.257 e. The Bertz CT molecular complexity index is 615. The predicted molar refractivity (Wildman–Crippen MR) is 86.6 cm³/mol. The van der Waals surface area contributed by atoms with Gasteiger partial charge in [-0.15, -0.1) is 0 Å². The lowest BCUT2D eigenvalue weighted by Crippen LogP contribution is -2.30. The highest BCUT2D eigenvalue weighted by Crippen LogP contribution is 2.24. The van der Waals surface area contributed by atoms with Gasteiger partial charge in [0.25, 0.3) is 5.91 Å². The molecule has 0 aliphatic rings. The minimum absolute atomic E-state index is 0.0228. The highest BCUT2D eigenvalue weighted by Gasteiger charge is 2.03. The topological polar surface area (TPSA) is 47.6 Å². The lowest BCUT2D eigenvalue weighted by Gasteiger charge is -2.08. The van der Waals surface area contributed by atoms with Crippen LogP contribution in [0.15, 0.2) is 40.9 Å². The van der Waals surface area contributed by atoms with Gasteiger partial charge in [-0.3, -0.25) is 4.79 Å². The number of ether oxygens (including phenoxy) is 2.